The third kappa shape index (κ3) is 4.36. The molecule has 0 atom stereocenters. The molecule has 102 valence electrons. The zero-order chi connectivity index (χ0) is 13.5. The summed E-state index contributed by atoms with van der Waals surface area (Å²) in [5, 5.41) is 7.61. The molecule has 0 radical (unpaired) electrons. The van der Waals surface area contributed by atoms with Crippen LogP contribution in [0, 0.1) is 0 Å². The van der Waals surface area contributed by atoms with Crippen LogP contribution in [0.2, 0.25) is 0 Å². The summed E-state index contributed by atoms with van der Waals surface area (Å²) in [6, 6.07) is 8.49. The predicted molar refractivity (Wildman–Crippen MR) is 85.2 cm³/mol. The van der Waals surface area contributed by atoms with Crippen LogP contribution in [-0.4, -0.2) is 31.5 Å². The lowest BCUT2D eigenvalue weighted by Crippen LogP contribution is -2.39. The number of guanidine groups is 1. The number of nitrogens with one attached hydrogen (secondary N) is 1. The van der Waals surface area contributed by atoms with E-state index >= 15 is 0 Å². The number of hydrogen-bond acceptors (Lipinski definition) is 3. The maximum atomic E-state index is 4.33. The molecule has 19 heavy (non-hydrogen) atoms. The third-order valence-corrected chi connectivity index (χ3v) is 4.66. The summed E-state index contributed by atoms with van der Waals surface area (Å²) in [6.07, 6.45) is 1.06. The second-order valence-electron chi connectivity index (χ2n) is 4.23. The van der Waals surface area contributed by atoms with Gasteiger partial charge in [-0.15, -0.1) is 22.7 Å². The number of aliphatic imine (C=N–C) groups is 1. The van der Waals surface area contributed by atoms with Crippen LogP contribution in [0.25, 0.3) is 0 Å². The van der Waals surface area contributed by atoms with E-state index in [2.05, 4.69) is 57.3 Å². The Morgan fingerprint density at radius 1 is 1.21 bits per heavy atom. The van der Waals surface area contributed by atoms with Crippen molar-refractivity contribution in [2.75, 3.05) is 20.6 Å². The zero-order valence-electron chi connectivity index (χ0n) is 11.3. The molecule has 0 aromatic carbocycles. The van der Waals surface area contributed by atoms with Gasteiger partial charge >= 0.3 is 0 Å². The van der Waals surface area contributed by atoms with Crippen molar-refractivity contribution in [3.8, 4) is 0 Å². The van der Waals surface area contributed by atoms with Crippen LogP contribution < -0.4 is 5.32 Å². The molecule has 3 nitrogen and oxygen atoms in total. The smallest absolute Gasteiger partial charge is 0.193 e. The molecule has 0 bridgehead atoms. The summed E-state index contributed by atoms with van der Waals surface area (Å²) >= 11 is 3.57. The minimum Gasteiger partial charge on any atom is -0.351 e. The van der Waals surface area contributed by atoms with Gasteiger partial charge in [-0.05, 0) is 29.3 Å². The fourth-order valence-electron chi connectivity index (χ4n) is 1.80. The van der Waals surface area contributed by atoms with Gasteiger partial charge in [-0.2, -0.15) is 0 Å². The van der Waals surface area contributed by atoms with Gasteiger partial charge in [-0.3, -0.25) is 4.99 Å². The van der Waals surface area contributed by atoms with Crippen LogP contribution in [0.15, 0.2) is 40.0 Å². The highest BCUT2D eigenvalue weighted by molar-refractivity contribution is 7.10. The number of hydrogen-bond donors (Lipinski definition) is 1. The molecule has 2 aromatic heterocycles. The Morgan fingerprint density at radius 2 is 1.89 bits per heavy atom. The Bertz CT molecular complexity index is 489. The first-order chi connectivity index (χ1) is 9.29. The SMILES string of the molecule is CN=C(NCc1cccs1)N(C)CCc1cccs1. The highest BCUT2D eigenvalue weighted by Crippen LogP contribution is 2.10. The average Bonchev–Trinajstić information content (AvgIpc) is 3.10. The zero-order valence-corrected chi connectivity index (χ0v) is 12.9. The van der Waals surface area contributed by atoms with Crippen molar-refractivity contribution >= 4 is 28.6 Å². The summed E-state index contributed by atoms with van der Waals surface area (Å²) in [7, 11) is 3.91. The molecule has 0 saturated carbocycles. The monoisotopic (exact) mass is 293 g/mol. The van der Waals surface area contributed by atoms with Crippen molar-refractivity contribution in [2.45, 2.75) is 13.0 Å². The van der Waals surface area contributed by atoms with Crippen molar-refractivity contribution in [3.05, 3.63) is 44.8 Å². The minimum atomic E-state index is 0.841. The Hall–Kier alpha value is -1.33. The fourth-order valence-corrected chi connectivity index (χ4v) is 3.15. The van der Waals surface area contributed by atoms with Crippen molar-refractivity contribution in [3.63, 3.8) is 0 Å². The third-order valence-electron chi connectivity index (χ3n) is 2.85. The topological polar surface area (TPSA) is 27.6 Å². The summed E-state index contributed by atoms with van der Waals surface area (Å²) in [6.45, 7) is 1.82. The summed E-state index contributed by atoms with van der Waals surface area (Å²) in [5.74, 6) is 0.949. The molecule has 0 amide bonds. The molecule has 2 heterocycles. The Morgan fingerprint density at radius 3 is 2.47 bits per heavy atom. The summed E-state index contributed by atoms with van der Waals surface area (Å²) < 4.78 is 0. The maximum Gasteiger partial charge on any atom is 0.193 e. The Labute approximate surface area is 122 Å². The van der Waals surface area contributed by atoms with Crippen molar-refractivity contribution < 1.29 is 0 Å². The number of thiophene rings is 2. The molecule has 0 aliphatic rings. The van der Waals surface area contributed by atoms with E-state index in [-0.39, 0.29) is 0 Å². The standard InChI is InChI=1S/C14H19N3S2/c1-15-14(16-11-13-6-4-10-19-13)17(2)8-7-12-5-3-9-18-12/h3-6,9-10H,7-8,11H2,1-2H3,(H,15,16). The van der Waals surface area contributed by atoms with Crippen LogP contribution in [0.4, 0.5) is 0 Å². The van der Waals surface area contributed by atoms with E-state index in [1.54, 1.807) is 11.3 Å². The molecule has 0 unspecified atom stereocenters. The van der Waals surface area contributed by atoms with E-state index in [4.69, 9.17) is 0 Å². The van der Waals surface area contributed by atoms with Crippen molar-refractivity contribution in [1.82, 2.24) is 10.2 Å². The predicted octanol–water partition coefficient (Wildman–Crippen LogP) is 3.06. The van der Waals surface area contributed by atoms with Gasteiger partial charge in [-0.25, -0.2) is 0 Å². The van der Waals surface area contributed by atoms with E-state index < -0.39 is 0 Å². The normalized spacial score (nSPS) is 11.6. The van der Waals surface area contributed by atoms with Gasteiger partial charge in [0.05, 0.1) is 6.54 Å². The molecule has 0 aliphatic heterocycles. The largest absolute Gasteiger partial charge is 0.351 e. The molecule has 0 aliphatic carbocycles. The van der Waals surface area contributed by atoms with Gasteiger partial charge in [0.15, 0.2) is 5.96 Å². The first-order valence-electron chi connectivity index (χ1n) is 6.26. The number of nitrogens with zero attached hydrogens (tertiary/aromatic N) is 2. The van der Waals surface area contributed by atoms with E-state index in [1.165, 1.54) is 9.75 Å². The van der Waals surface area contributed by atoms with Gasteiger partial charge in [0.1, 0.15) is 0 Å². The molecule has 1 N–H and O–H groups in total. The minimum absolute atomic E-state index is 0.841. The maximum absolute atomic E-state index is 4.33. The molecule has 0 spiro atoms. The van der Waals surface area contributed by atoms with Crippen LogP contribution >= 0.6 is 22.7 Å². The van der Waals surface area contributed by atoms with Gasteiger partial charge in [-0.1, -0.05) is 12.1 Å². The van der Waals surface area contributed by atoms with Gasteiger partial charge < -0.3 is 10.2 Å². The van der Waals surface area contributed by atoms with Crippen molar-refractivity contribution in [1.29, 1.82) is 0 Å². The lowest BCUT2D eigenvalue weighted by molar-refractivity contribution is 0.487. The second-order valence-corrected chi connectivity index (χ2v) is 6.30. The van der Waals surface area contributed by atoms with Gasteiger partial charge in [0, 0.05) is 30.4 Å². The summed E-state index contributed by atoms with van der Waals surface area (Å²) in [5.41, 5.74) is 0. The lowest BCUT2D eigenvalue weighted by Gasteiger charge is -2.21. The first kappa shape index (κ1) is 14.1. The van der Waals surface area contributed by atoms with E-state index in [9.17, 15) is 0 Å². The summed E-state index contributed by atoms with van der Waals surface area (Å²) in [4.78, 5) is 9.24. The highest BCUT2D eigenvalue weighted by Gasteiger charge is 2.06. The lowest BCUT2D eigenvalue weighted by atomic mass is 10.3. The first-order valence-corrected chi connectivity index (χ1v) is 8.02. The molecule has 2 rings (SSSR count). The quantitative estimate of drug-likeness (QED) is 0.678. The molecule has 2 aromatic rings. The van der Waals surface area contributed by atoms with E-state index in [0.717, 1.165) is 25.5 Å². The molecule has 0 saturated heterocycles. The van der Waals surface area contributed by atoms with Crippen LogP contribution in [0.5, 0.6) is 0 Å². The Kier molecular flexibility index (Phi) is 5.42. The van der Waals surface area contributed by atoms with E-state index in [0.29, 0.717) is 0 Å². The molecule has 0 fully saturated rings. The molecular formula is C14H19N3S2. The highest BCUT2D eigenvalue weighted by atomic mass is 32.1. The van der Waals surface area contributed by atoms with Crippen molar-refractivity contribution in [2.24, 2.45) is 4.99 Å². The second kappa shape index (κ2) is 7.31. The molecule has 5 heteroatoms. The van der Waals surface area contributed by atoms with Gasteiger partial charge in [0.2, 0.25) is 0 Å². The number of rotatable bonds is 5. The van der Waals surface area contributed by atoms with E-state index in [1.807, 2.05) is 18.4 Å². The van der Waals surface area contributed by atoms with Crippen LogP contribution in [-0.2, 0) is 13.0 Å². The van der Waals surface area contributed by atoms with Crippen LogP contribution in [0.1, 0.15) is 9.75 Å². The van der Waals surface area contributed by atoms with Gasteiger partial charge in [0.25, 0.3) is 0 Å². The Balaban J connectivity index is 1.80. The molecular weight excluding hydrogens is 274 g/mol. The number of likely N-dealkylation sites (N-methyl/N-ethyl adjacent to an activating group) is 1. The fraction of sp³-hybridized carbons (Fsp3) is 0.357. The van der Waals surface area contributed by atoms with Crippen LogP contribution in [0.3, 0.4) is 0 Å². The average molecular weight is 293 g/mol.